The second kappa shape index (κ2) is 12.2. The van der Waals surface area contributed by atoms with Gasteiger partial charge in [0.15, 0.2) is 12.2 Å². The Kier molecular flexibility index (Phi) is 8.74. The first-order valence-corrected chi connectivity index (χ1v) is 12.3. The molecule has 4 N–H and O–H groups in total. The van der Waals surface area contributed by atoms with E-state index in [1.54, 1.807) is 19.1 Å². The molecule has 12 nitrogen and oxygen atoms in total. The van der Waals surface area contributed by atoms with Crippen LogP contribution < -0.4 is 15.5 Å². The minimum absolute atomic E-state index is 0.00592. The summed E-state index contributed by atoms with van der Waals surface area (Å²) in [7, 11) is 0. The van der Waals surface area contributed by atoms with Crippen molar-refractivity contribution in [1.29, 1.82) is 0 Å². The van der Waals surface area contributed by atoms with Crippen LogP contribution in [0.1, 0.15) is 28.9 Å². The van der Waals surface area contributed by atoms with Crippen LogP contribution in [0, 0.1) is 5.82 Å². The molecule has 13 heteroatoms. The third-order valence-electron chi connectivity index (χ3n) is 6.49. The topological polar surface area (TPSA) is 158 Å². The molecule has 0 radical (unpaired) electrons. The molecule has 2 aliphatic rings. The van der Waals surface area contributed by atoms with Crippen molar-refractivity contribution in [3.63, 3.8) is 0 Å². The molecule has 2 aromatic rings. The molecule has 0 aliphatic carbocycles. The number of carbonyl (C=O) groups is 4. The number of aliphatic hydroxyl groups excluding tert-OH is 1. The van der Waals surface area contributed by atoms with Gasteiger partial charge in [-0.1, -0.05) is 12.1 Å². The molecular weight excluding hydrogens is 515 g/mol. The van der Waals surface area contributed by atoms with Crippen LogP contribution in [0.2, 0.25) is 0 Å². The molecule has 2 fully saturated rings. The SMILES string of the molecule is CC(NC(=O)O)c1ccc(NC(=O)C(O)C2OCCN(c3ccc(F)c(C(=O)N4CCOCC4)c3)C2=O)cc1. The molecule has 0 saturated carbocycles. The average Bonchev–Trinajstić information content (AvgIpc) is 2.93. The van der Waals surface area contributed by atoms with E-state index < -0.39 is 47.9 Å². The number of aliphatic hydroxyl groups is 1. The lowest BCUT2D eigenvalue weighted by molar-refractivity contribution is -0.150. The predicted molar refractivity (Wildman–Crippen MR) is 136 cm³/mol. The number of ether oxygens (including phenoxy) is 2. The molecule has 2 aliphatic heterocycles. The number of carboxylic acid groups (broad SMARTS) is 1. The van der Waals surface area contributed by atoms with E-state index in [0.717, 1.165) is 6.07 Å². The molecule has 4 amide bonds. The predicted octanol–water partition coefficient (Wildman–Crippen LogP) is 1.36. The maximum atomic E-state index is 14.6. The van der Waals surface area contributed by atoms with E-state index in [1.807, 2.05) is 0 Å². The zero-order valence-electron chi connectivity index (χ0n) is 21.1. The summed E-state index contributed by atoms with van der Waals surface area (Å²) in [4.78, 5) is 52.3. The summed E-state index contributed by atoms with van der Waals surface area (Å²) >= 11 is 0. The maximum absolute atomic E-state index is 14.6. The summed E-state index contributed by atoms with van der Waals surface area (Å²) in [6, 6.07) is 9.52. The lowest BCUT2D eigenvalue weighted by atomic mass is 10.1. The molecular formula is C26H29FN4O8. The van der Waals surface area contributed by atoms with Crippen LogP contribution in [0.3, 0.4) is 0 Å². The van der Waals surface area contributed by atoms with E-state index in [2.05, 4.69) is 10.6 Å². The quantitative estimate of drug-likeness (QED) is 0.407. The molecule has 4 rings (SSSR count). The lowest BCUT2D eigenvalue weighted by Crippen LogP contribution is -2.55. The van der Waals surface area contributed by atoms with Crippen molar-refractivity contribution >= 4 is 35.2 Å². The van der Waals surface area contributed by atoms with E-state index in [1.165, 1.54) is 34.1 Å². The number of halogens is 1. The van der Waals surface area contributed by atoms with Crippen LogP contribution in [0.4, 0.5) is 20.6 Å². The Morgan fingerprint density at radius 3 is 2.41 bits per heavy atom. The molecule has 2 saturated heterocycles. The highest BCUT2D eigenvalue weighted by Gasteiger charge is 2.39. The van der Waals surface area contributed by atoms with Crippen LogP contribution in [0.25, 0.3) is 0 Å². The first-order valence-electron chi connectivity index (χ1n) is 12.3. The molecule has 208 valence electrons. The second-order valence-electron chi connectivity index (χ2n) is 9.08. The molecule has 2 aromatic carbocycles. The van der Waals surface area contributed by atoms with E-state index in [9.17, 15) is 28.7 Å². The van der Waals surface area contributed by atoms with Gasteiger partial charge in [0.25, 0.3) is 17.7 Å². The zero-order chi connectivity index (χ0) is 28.1. The molecule has 0 spiro atoms. The van der Waals surface area contributed by atoms with Gasteiger partial charge in [0.05, 0.1) is 31.4 Å². The zero-order valence-corrected chi connectivity index (χ0v) is 21.1. The number of morpholine rings is 2. The van der Waals surface area contributed by atoms with Crippen molar-refractivity contribution < 1.29 is 43.3 Å². The highest BCUT2D eigenvalue weighted by atomic mass is 19.1. The van der Waals surface area contributed by atoms with Crippen LogP contribution in [0.5, 0.6) is 0 Å². The number of nitrogens with zero attached hydrogens (tertiary/aromatic N) is 2. The maximum Gasteiger partial charge on any atom is 0.405 e. The van der Waals surface area contributed by atoms with Gasteiger partial charge < -0.3 is 40.1 Å². The highest BCUT2D eigenvalue weighted by molar-refractivity contribution is 6.04. The molecule has 2 heterocycles. The number of carbonyl (C=O) groups excluding carboxylic acids is 3. The van der Waals surface area contributed by atoms with E-state index in [-0.39, 0.29) is 24.4 Å². The molecule has 39 heavy (non-hydrogen) atoms. The smallest absolute Gasteiger partial charge is 0.405 e. The summed E-state index contributed by atoms with van der Waals surface area (Å²) in [6.07, 6.45) is -4.56. The summed E-state index contributed by atoms with van der Waals surface area (Å²) < 4.78 is 25.2. The number of anilines is 2. The average molecular weight is 545 g/mol. The summed E-state index contributed by atoms with van der Waals surface area (Å²) in [6.45, 7) is 3.07. The Morgan fingerprint density at radius 1 is 1.05 bits per heavy atom. The van der Waals surface area contributed by atoms with Crippen molar-refractivity contribution in [2.45, 2.75) is 25.2 Å². The van der Waals surface area contributed by atoms with E-state index in [0.29, 0.717) is 37.6 Å². The fourth-order valence-corrected chi connectivity index (χ4v) is 4.35. The Labute approximate surface area is 223 Å². The van der Waals surface area contributed by atoms with Gasteiger partial charge in [-0.3, -0.25) is 14.4 Å². The Balaban J connectivity index is 1.43. The number of hydrogen-bond donors (Lipinski definition) is 4. The van der Waals surface area contributed by atoms with Crippen molar-refractivity contribution in [2.24, 2.45) is 0 Å². The van der Waals surface area contributed by atoms with Crippen LogP contribution in [-0.2, 0) is 19.1 Å². The van der Waals surface area contributed by atoms with Gasteiger partial charge in [0, 0.05) is 31.0 Å². The molecule has 3 unspecified atom stereocenters. The first-order chi connectivity index (χ1) is 18.7. The Bertz CT molecular complexity index is 1230. The van der Waals surface area contributed by atoms with Gasteiger partial charge in [-0.15, -0.1) is 0 Å². The number of hydrogen-bond acceptors (Lipinski definition) is 7. The van der Waals surface area contributed by atoms with Crippen molar-refractivity contribution in [2.75, 3.05) is 49.7 Å². The number of nitrogens with one attached hydrogen (secondary N) is 2. The summed E-state index contributed by atoms with van der Waals surface area (Å²) in [5.41, 5.74) is 1.01. The molecule has 0 bridgehead atoms. The first kappa shape index (κ1) is 28.0. The number of rotatable bonds is 7. The monoisotopic (exact) mass is 544 g/mol. The highest BCUT2D eigenvalue weighted by Crippen LogP contribution is 2.25. The van der Waals surface area contributed by atoms with Gasteiger partial charge in [-0.05, 0) is 42.8 Å². The second-order valence-corrected chi connectivity index (χ2v) is 9.08. The van der Waals surface area contributed by atoms with Crippen molar-refractivity contribution in [1.82, 2.24) is 10.2 Å². The fraction of sp³-hybridized carbons (Fsp3) is 0.385. The van der Waals surface area contributed by atoms with Gasteiger partial charge in [-0.2, -0.15) is 0 Å². The lowest BCUT2D eigenvalue weighted by Gasteiger charge is -2.34. The van der Waals surface area contributed by atoms with E-state index >= 15 is 0 Å². The van der Waals surface area contributed by atoms with Crippen LogP contribution in [0.15, 0.2) is 42.5 Å². The number of amides is 4. The minimum atomic E-state index is -1.86. The fourth-order valence-electron chi connectivity index (χ4n) is 4.35. The summed E-state index contributed by atoms with van der Waals surface area (Å²) in [5, 5.41) is 24.3. The third-order valence-corrected chi connectivity index (χ3v) is 6.49. The molecule has 0 aromatic heterocycles. The normalized spacial score (nSPS) is 19.3. The van der Waals surface area contributed by atoms with Crippen molar-refractivity contribution in [3.8, 4) is 0 Å². The Hall–Kier alpha value is -4.07. The minimum Gasteiger partial charge on any atom is -0.465 e. The van der Waals surface area contributed by atoms with Gasteiger partial charge in [0.2, 0.25) is 0 Å². The molecule has 3 atom stereocenters. The van der Waals surface area contributed by atoms with Gasteiger partial charge in [-0.25, -0.2) is 9.18 Å². The third kappa shape index (κ3) is 6.50. The summed E-state index contributed by atoms with van der Waals surface area (Å²) in [5.74, 6) is -2.86. The number of benzene rings is 2. The largest absolute Gasteiger partial charge is 0.465 e. The van der Waals surface area contributed by atoms with Crippen LogP contribution in [-0.4, -0.2) is 90.6 Å². The standard InChI is InChI=1S/C26H29FN4O8/c1-15(28-26(36)37)16-2-4-17(5-3-16)29-23(33)21(32)22-25(35)31(10-13-39-22)18-6-7-20(27)19(14-18)24(34)30-8-11-38-12-9-30/h2-7,14-15,21-22,28,32H,8-13H2,1H3,(H,29,33)(H,36,37). The van der Waals surface area contributed by atoms with Crippen LogP contribution >= 0.6 is 0 Å². The van der Waals surface area contributed by atoms with Gasteiger partial charge >= 0.3 is 6.09 Å². The van der Waals surface area contributed by atoms with Gasteiger partial charge in [0.1, 0.15) is 5.82 Å². The van der Waals surface area contributed by atoms with Crippen molar-refractivity contribution in [3.05, 3.63) is 59.4 Å². The van der Waals surface area contributed by atoms with E-state index in [4.69, 9.17) is 14.6 Å². The Morgan fingerprint density at radius 2 is 1.74 bits per heavy atom.